The van der Waals surface area contributed by atoms with Crippen LogP contribution in [0.3, 0.4) is 0 Å². The van der Waals surface area contributed by atoms with Crippen molar-refractivity contribution in [3.63, 3.8) is 0 Å². The van der Waals surface area contributed by atoms with Crippen LogP contribution in [-0.2, 0) is 6.42 Å². The molecule has 1 heterocycles. The molecule has 1 unspecified atom stereocenters. The first-order valence-corrected chi connectivity index (χ1v) is 8.06. The van der Waals surface area contributed by atoms with Crippen LogP contribution < -0.4 is 0 Å². The number of hydrogen-bond donors (Lipinski definition) is 1. The minimum atomic E-state index is -0.469. The van der Waals surface area contributed by atoms with Crippen molar-refractivity contribution < 1.29 is 5.11 Å². The molecule has 0 aliphatic carbocycles. The summed E-state index contributed by atoms with van der Waals surface area (Å²) in [5.41, 5.74) is 4.60. The summed E-state index contributed by atoms with van der Waals surface area (Å²) in [5, 5.41) is 10.3. The molecule has 0 radical (unpaired) electrons. The van der Waals surface area contributed by atoms with Gasteiger partial charge in [-0.15, -0.1) is 11.3 Å². The van der Waals surface area contributed by atoms with Crippen molar-refractivity contribution in [3.05, 3.63) is 54.1 Å². The zero-order valence-electron chi connectivity index (χ0n) is 10.2. The van der Waals surface area contributed by atoms with Gasteiger partial charge in [-0.25, -0.2) is 0 Å². The highest BCUT2D eigenvalue weighted by molar-refractivity contribution is 9.12. The molecule has 0 saturated carbocycles. The molecule has 0 aliphatic rings. The maximum atomic E-state index is 10.3. The second-order valence-electron chi connectivity index (χ2n) is 4.50. The largest absolute Gasteiger partial charge is 0.388 e. The summed E-state index contributed by atoms with van der Waals surface area (Å²) < 4.78 is 2.02. The molecule has 2 aromatic rings. The number of aliphatic hydroxyl groups is 1. The van der Waals surface area contributed by atoms with Crippen molar-refractivity contribution >= 4 is 43.2 Å². The summed E-state index contributed by atoms with van der Waals surface area (Å²) in [6, 6.07) is 8.38. The minimum absolute atomic E-state index is 0.469. The van der Waals surface area contributed by atoms with Gasteiger partial charge in [0.1, 0.15) is 0 Å². The fourth-order valence-electron chi connectivity index (χ4n) is 2.10. The van der Waals surface area contributed by atoms with Gasteiger partial charge in [0, 0.05) is 12.0 Å². The standard InChI is InChI=1S/C14H14Br2OS/c1-8-3-9(2)5-10(4-8)6-12(17)11-7-13(15)18-14(11)16/h3-5,7,12,17H,6H2,1-2H3. The highest BCUT2D eigenvalue weighted by Crippen LogP contribution is 2.36. The molecule has 1 N–H and O–H groups in total. The summed E-state index contributed by atoms with van der Waals surface area (Å²) >= 11 is 8.51. The molecule has 18 heavy (non-hydrogen) atoms. The first-order valence-electron chi connectivity index (χ1n) is 5.65. The third-order valence-electron chi connectivity index (χ3n) is 2.75. The van der Waals surface area contributed by atoms with E-state index < -0.39 is 6.10 Å². The van der Waals surface area contributed by atoms with Crippen molar-refractivity contribution in [2.75, 3.05) is 0 Å². The van der Waals surface area contributed by atoms with Gasteiger partial charge in [-0.2, -0.15) is 0 Å². The number of aliphatic hydroxyl groups excluding tert-OH is 1. The van der Waals surface area contributed by atoms with Crippen LogP contribution in [0.4, 0.5) is 0 Å². The monoisotopic (exact) mass is 388 g/mol. The lowest BCUT2D eigenvalue weighted by Gasteiger charge is -2.11. The van der Waals surface area contributed by atoms with Gasteiger partial charge < -0.3 is 5.11 Å². The van der Waals surface area contributed by atoms with Crippen LogP contribution in [0.5, 0.6) is 0 Å². The van der Waals surface area contributed by atoms with Gasteiger partial charge in [-0.3, -0.25) is 0 Å². The zero-order chi connectivity index (χ0) is 13.3. The summed E-state index contributed by atoms with van der Waals surface area (Å²) in [6.07, 6.45) is 0.174. The third kappa shape index (κ3) is 3.44. The summed E-state index contributed by atoms with van der Waals surface area (Å²) in [4.78, 5) is 0. The predicted molar refractivity (Wildman–Crippen MR) is 84.3 cm³/mol. The minimum Gasteiger partial charge on any atom is -0.388 e. The van der Waals surface area contributed by atoms with E-state index in [2.05, 4.69) is 63.9 Å². The summed E-state index contributed by atoms with van der Waals surface area (Å²) in [6.45, 7) is 4.17. The Bertz CT molecular complexity index is 543. The molecule has 0 bridgehead atoms. The van der Waals surface area contributed by atoms with Gasteiger partial charge in [0.15, 0.2) is 0 Å². The molecule has 0 fully saturated rings. The normalized spacial score (nSPS) is 12.7. The van der Waals surface area contributed by atoms with E-state index >= 15 is 0 Å². The third-order valence-corrected chi connectivity index (χ3v) is 5.14. The fraction of sp³-hybridized carbons (Fsp3) is 0.286. The Labute approximate surface area is 128 Å². The molecular formula is C14H14Br2OS. The van der Waals surface area contributed by atoms with Gasteiger partial charge in [-0.05, 0) is 57.3 Å². The van der Waals surface area contributed by atoms with Crippen LogP contribution in [0.25, 0.3) is 0 Å². The Hall–Kier alpha value is -0.160. The number of halogens is 2. The van der Waals surface area contributed by atoms with Crippen LogP contribution in [0.15, 0.2) is 31.8 Å². The smallest absolute Gasteiger partial charge is 0.0849 e. The van der Waals surface area contributed by atoms with E-state index in [9.17, 15) is 5.11 Å². The first kappa shape index (κ1) is 14.3. The SMILES string of the molecule is Cc1cc(C)cc(CC(O)c2cc(Br)sc2Br)c1. The molecule has 1 aromatic carbocycles. The fourth-order valence-corrected chi connectivity index (χ4v) is 5.06. The number of hydrogen-bond acceptors (Lipinski definition) is 2. The number of thiophene rings is 1. The first-order chi connectivity index (χ1) is 8.45. The molecule has 4 heteroatoms. The summed E-state index contributed by atoms with van der Waals surface area (Å²) in [7, 11) is 0. The molecule has 96 valence electrons. The van der Waals surface area contributed by atoms with Crippen molar-refractivity contribution in [2.24, 2.45) is 0 Å². The lowest BCUT2D eigenvalue weighted by atomic mass is 10.00. The predicted octanol–water partition coefficient (Wildman–Crippen LogP) is 5.17. The molecule has 2 rings (SSSR count). The van der Waals surface area contributed by atoms with Gasteiger partial charge in [0.2, 0.25) is 0 Å². The average molecular weight is 390 g/mol. The number of aryl methyl sites for hydroxylation is 2. The highest BCUT2D eigenvalue weighted by Gasteiger charge is 2.15. The van der Waals surface area contributed by atoms with Crippen molar-refractivity contribution in [1.29, 1.82) is 0 Å². The van der Waals surface area contributed by atoms with E-state index in [0.717, 1.165) is 13.1 Å². The molecule has 1 aromatic heterocycles. The van der Waals surface area contributed by atoms with Crippen molar-refractivity contribution in [2.45, 2.75) is 26.4 Å². The zero-order valence-corrected chi connectivity index (χ0v) is 14.2. The molecule has 0 spiro atoms. The molecular weight excluding hydrogens is 376 g/mol. The molecule has 0 saturated heterocycles. The van der Waals surface area contributed by atoms with Crippen LogP contribution in [0.1, 0.15) is 28.4 Å². The number of rotatable bonds is 3. The van der Waals surface area contributed by atoms with Gasteiger partial charge in [0.25, 0.3) is 0 Å². The molecule has 0 aliphatic heterocycles. The highest BCUT2D eigenvalue weighted by atomic mass is 79.9. The maximum Gasteiger partial charge on any atom is 0.0849 e. The summed E-state index contributed by atoms with van der Waals surface area (Å²) in [5.74, 6) is 0. The lowest BCUT2D eigenvalue weighted by molar-refractivity contribution is 0.178. The van der Waals surface area contributed by atoms with Crippen LogP contribution in [0, 0.1) is 13.8 Å². The molecule has 1 atom stereocenters. The van der Waals surface area contributed by atoms with Gasteiger partial charge >= 0.3 is 0 Å². The second-order valence-corrected chi connectivity index (χ2v) is 8.24. The van der Waals surface area contributed by atoms with E-state index in [-0.39, 0.29) is 0 Å². The van der Waals surface area contributed by atoms with Crippen molar-refractivity contribution in [1.82, 2.24) is 0 Å². The van der Waals surface area contributed by atoms with Crippen molar-refractivity contribution in [3.8, 4) is 0 Å². The van der Waals surface area contributed by atoms with E-state index in [1.165, 1.54) is 16.7 Å². The Morgan fingerprint density at radius 1 is 1.11 bits per heavy atom. The Morgan fingerprint density at radius 3 is 2.22 bits per heavy atom. The Kier molecular flexibility index (Phi) is 4.64. The molecule has 1 nitrogen and oxygen atoms in total. The second kappa shape index (κ2) is 5.87. The quantitative estimate of drug-likeness (QED) is 0.767. The van der Waals surface area contributed by atoms with E-state index in [1.807, 2.05) is 6.07 Å². The van der Waals surface area contributed by atoms with E-state index in [1.54, 1.807) is 11.3 Å². The Morgan fingerprint density at radius 2 is 1.72 bits per heavy atom. The van der Waals surface area contributed by atoms with Gasteiger partial charge in [-0.1, -0.05) is 29.3 Å². The van der Waals surface area contributed by atoms with Crippen LogP contribution in [-0.4, -0.2) is 5.11 Å². The number of benzene rings is 1. The van der Waals surface area contributed by atoms with E-state index in [4.69, 9.17) is 0 Å². The van der Waals surface area contributed by atoms with Gasteiger partial charge in [0.05, 0.1) is 13.7 Å². The maximum absolute atomic E-state index is 10.3. The van der Waals surface area contributed by atoms with Crippen LogP contribution in [0.2, 0.25) is 0 Å². The van der Waals surface area contributed by atoms with Crippen LogP contribution >= 0.6 is 43.2 Å². The Balaban J connectivity index is 2.20. The molecule has 0 amide bonds. The van der Waals surface area contributed by atoms with E-state index in [0.29, 0.717) is 6.42 Å². The lowest BCUT2D eigenvalue weighted by Crippen LogP contribution is -2.01. The topological polar surface area (TPSA) is 20.2 Å². The average Bonchev–Trinajstić information content (AvgIpc) is 2.56.